The maximum absolute atomic E-state index is 6.42. The van der Waals surface area contributed by atoms with Crippen LogP contribution in [0, 0.1) is 5.92 Å². The SMILES string of the molecule is CCC1(C2CC2)CC(NC)c2cc(Br)ccc2O1. The molecule has 98 valence electrons. The first-order valence-electron chi connectivity index (χ1n) is 6.84. The Morgan fingerprint density at radius 2 is 2.22 bits per heavy atom. The molecule has 1 aromatic rings. The van der Waals surface area contributed by atoms with E-state index in [0.717, 1.165) is 29.0 Å². The third-order valence-electron chi connectivity index (χ3n) is 4.48. The summed E-state index contributed by atoms with van der Waals surface area (Å²) in [6, 6.07) is 6.77. The van der Waals surface area contributed by atoms with E-state index in [1.807, 2.05) is 7.05 Å². The molecule has 1 aliphatic heterocycles. The highest BCUT2D eigenvalue weighted by Gasteiger charge is 2.49. The molecule has 1 fully saturated rings. The maximum Gasteiger partial charge on any atom is 0.125 e. The summed E-state index contributed by atoms with van der Waals surface area (Å²) in [5.74, 6) is 1.83. The van der Waals surface area contributed by atoms with Gasteiger partial charge in [-0.25, -0.2) is 0 Å². The number of hydrogen-bond donors (Lipinski definition) is 1. The van der Waals surface area contributed by atoms with Crippen LogP contribution < -0.4 is 10.1 Å². The highest BCUT2D eigenvalue weighted by atomic mass is 79.9. The minimum Gasteiger partial charge on any atom is -0.487 e. The van der Waals surface area contributed by atoms with E-state index in [1.165, 1.54) is 18.4 Å². The molecular weight excluding hydrogens is 290 g/mol. The highest BCUT2D eigenvalue weighted by molar-refractivity contribution is 9.10. The van der Waals surface area contributed by atoms with Crippen LogP contribution in [-0.4, -0.2) is 12.6 Å². The summed E-state index contributed by atoms with van der Waals surface area (Å²) in [5, 5.41) is 3.46. The lowest BCUT2D eigenvalue weighted by Crippen LogP contribution is -2.45. The molecule has 3 heteroatoms. The van der Waals surface area contributed by atoms with Crippen molar-refractivity contribution < 1.29 is 4.74 Å². The van der Waals surface area contributed by atoms with Crippen molar-refractivity contribution in [2.75, 3.05) is 7.05 Å². The van der Waals surface area contributed by atoms with E-state index in [1.54, 1.807) is 0 Å². The van der Waals surface area contributed by atoms with E-state index in [-0.39, 0.29) is 5.60 Å². The van der Waals surface area contributed by atoms with Crippen molar-refractivity contribution in [3.8, 4) is 5.75 Å². The van der Waals surface area contributed by atoms with Crippen LogP contribution in [0.5, 0.6) is 5.75 Å². The molecular formula is C15H20BrNO. The van der Waals surface area contributed by atoms with E-state index >= 15 is 0 Å². The second-order valence-corrected chi connectivity index (χ2v) is 6.44. The van der Waals surface area contributed by atoms with E-state index in [4.69, 9.17) is 4.74 Å². The van der Waals surface area contributed by atoms with Gasteiger partial charge in [0.05, 0.1) is 0 Å². The minimum atomic E-state index is 0.0640. The number of ether oxygens (including phenoxy) is 1. The Labute approximate surface area is 117 Å². The summed E-state index contributed by atoms with van der Waals surface area (Å²) >= 11 is 3.55. The Hall–Kier alpha value is -0.540. The lowest BCUT2D eigenvalue weighted by molar-refractivity contribution is 0.00665. The summed E-state index contributed by atoms with van der Waals surface area (Å²) in [6.07, 6.45) is 4.85. The highest BCUT2D eigenvalue weighted by Crippen LogP contribution is 2.52. The fourth-order valence-electron chi connectivity index (χ4n) is 3.22. The molecule has 0 bridgehead atoms. The van der Waals surface area contributed by atoms with E-state index in [2.05, 4.69) is 46.4 Å². The summed E-state index contributed by atoms with van der Waals surface area (Å²) in [5.41, 5.74) is 1.35. The first-order chi connectivity index (χ1) is 8.68. The molecule has 0 aromatic heterocycles. The molecule has 1 aliphatic carbocycles. The Morgan fingerprint density at radius 3 is 2.83 bits per heavy atom. The van der Waals surface area contributed by atoms with Crippen LogP contribution in [0.3, 0.4) is 0 Å². The molecule has 3 rings (SSSR count). The predicted molar refractivity (Wildman–Crippen MR) is 76.9 cm³/mol. The van der Waals surface area contributed by atoms with Crippen LogP contribution in [0.2, 0.25) is 0 Å². The number of nitrogens with one attached hydrogen (secondary N) is 1. The smallest absolute Gasteiger partial charge is 0.125 e. The first-order valence-corrected chi connectivity index (χ1v) is 7.63. The van der Waals surface area contributed by atoms with Crippen molar-refractivity contribution in [3.05, 3.63) is 28.2 Å². The molecule has 1 aromatic carbocycles. The normalized spacial score (nSPS) is 30.7. The van der Waals surface area contributed by atoms with Gasteiger partial charge in [-0.05, 0) is 50.4 Å². The zero-order valence-electron chi connectivity index (χ0n) is 11.0. The van der Waals surface area contributed by atoms with Crippen LogP contribution in [0.25, 0.3) is 0 Å². The van der Waals surface area contributed by atoms with Gasteiger partial charge in [0.25, 0.3) is 0 Å². The van der Waals surface area contributed by atoms with Gasteiger partial charge in [-0.3, -0.25) is 0 Å². The van der Waals surface area contributed by atoms with Crippen molar-refractivity contribution in [2.24, 2.45) is 5.92 Å². The van der Waals surface area contributed by atoms with E-state index in [9.17, 15) is 0 Å². The third kappa shape index (κ3) is 1.97. The Morgan fingerprint density at radius 1 is 1.44 bits per heavy atom. The number of benzene rings is 1. The largest absolute Gasteiger partial charge is 0.487 e. The average molecular weight is 310 g/mol. The Kier molecular flexibility index (Phi) is 3.15. The average Bonchev–Trinajstić information content (AvgIpc) is 3.22. The molecule has 2 unspecified atom stereocenters. The van der Waals surface area contributed by atoms with Gasteiger partial charge in [0.15, 0.2) is 0 Å². The molecule has 1 heterocycles. The van der Waals surface area contributed by atoms with E-state index < -0.39 is 0 Å². The van der Waals surface area contributed by atoms with Gasteiger partial charge in [-0.2, -0.15) is 0 Å². The standard InChI is InChI=1S/C15H20BrNO/c1-3-15(10-4-5-10)9-13(17-2)12-8-11(16)6-7-14(12)18-15/h6-8,10,13,17H,3-5,9H2,1-2H3. The number of rotatable bonds is 3. The monoisotopic (exact) mass is 309 g/mol. The van der Waals surface area contributed by atoms with Crippen molar-refractivity contribution >= 4 is 15.9 Å². The quantitative estimate of drug-likeness (QED) is 0.909. The predicted octanol–water partition coefficient (Wildman–Crippen LogP) is 4.05. The molecule has 0 saturated heterocycles. The second-order valence-electron chi connectivity index (χ2n) is 5.52. The number of fused-ring (bicyclic) bond motifs is 1. The minimum absolute atomic E-state index is 0.0640. The van der Waals surface area contributed by atoms with Crippen LogP contribution in [0.1, 0.15) is 44.2 Å². The van der Waals surface area contributed by atoms with Crippen LogP contribution in [0.15, 0.2) is 22.7 Å². The number of halogens is 1. The summed E-state index contributed by atoms with van der Waals surface area (Å²) in [6.45, 7) is 2.26. The van der Waals surface area contributed by atoms with Crippen molar-refractivity contribution in [3.63, 3.8) is 0 Å². The topological polar surface area (TPSA) is 21.3 Å². The third-order valence-corrected chi connectivity index (χ3v) is 4.97. The fraction of sp³-hybridized carbons (Fsp3) is 0.600. The lowest BCUT2D eigenvalue weighted by Gasteiger charge is -2.42. The molecule has 1 N–H and O–H groups in total. The molecule has 0 radical (unpaired) electrons. The zero-order valence-corrected chi connectivity index (χ0v) is 12.6. The van der Waals surface area contributed by atoms with Gasteiger partial charge < -0.3 is 10.1 Å². The molecule has 2 atom stereocenters. The molecule has 0 spiro atoms. The lowest BCUT2D eigenvalue weighted by atomic mass is 9.82. The number of hydrogen-bond acceptors (Lipinski definition) is 2. The van der Waals surface area contributed by atoms with Crippen LogP contribution in [0.4, 0.5) is 0 Å². The second kappa shape index (κ2) is 4.53. The summed E-state index contributed by atoms with van der Waals surface area (Å²) < 4.78 is 7.54. The van der Waals surface area contributed by atoms with Crippen molar-refractivity contribution in [2.45, 2.75) is 44.2 Å². The van der Waals surface area contributed by atoms with Gasteiger partial charge in [0.2, 0.25) is 0 Å². The summed E-state index contributed by atoms with van der Waals surface area (Å²) in [7, 11) is 2.05. The van der Waals surface area contributed by atoms with Gasteiger partial charge in [-0.1, -0.05) is 22.9 Å². The maximum atomic E-state index is 6.42. The van der Waals surface area contributed by atoms with Crippen molar-refractivity contribution in [1.82, 2.24) is 5.32 Å². The Balaban J connectivity index is 2.00. The van der Waals surface area contributed by atoms with Gasteiger partial charge in [0, 0.05) is 22.5 Å². The summed E-state index contributed by atoms with van der Waals surface area (Å²) in [4.78, 5) is 0. The van der Waals surface area contributed by atoms with Gasteiger partial charge in [-0.15, -0.1) is 0 Å². The van der Waals surface area contributed by atoms with Gasteiger partial charge >= 0.3 is 0 Å². The van der Waals surface area contributed by atoms with Gasteiger partial charge in [0.1, 0.15) is 11.4 Å². The molecule has 0 amide bonds. The van der Waals surface area contributed by atoms with Crippen LogP contribution in [-0.2, 0) is 0 Å². The van der Waals surface area contributed by atoms with E-state index in [0.29, 0.717) is 6.04 Å². The first kappa shape index (κ1) is 12.5. The zero-order chi connectivity index (χ0) is 12.8. The molecule has 18 heavy (non-hydrogen) atoms. The van der Waals surface area contributed by atoms with Crippen LogP contribution >= 0.6 is 15.9 Å². The molecule has 2 nitrogen and oxygen atoms in total. The van der Waals surface area contributed by atoms with Crippen molar-refractivity contribution in [1.29, 1.82) is 0 Å². The molecule has 2 aliphatic rings. The molecule has 1 saturated carbocycles. The Bertz CT molecular complexity index is 458. The fourth-order valence-corrected chi connectivity index (χ4v) is 3.60.